The summed E-state index contributed by atoms with van der Waals surface area (Å²) in [5.41, 5.74) is 2.92. The summed E-state index contributed by atoms with van der Waals surface area (Å²) in [4.78, 5) is 16.8. The van der Waals surface area contributed by atoms with Crippen LogP contribution in [-0.2, 0) is 11.2 Å². The number of esters is 1. The van der Waals surface area contributed by atoms with Crippen molar-refractivity contribution >= 4 is 32.8 Å². The summed E-state index contributed by atoms with van der Waals surface area (Å²) in [6.07, 6.45) is 4.24. The van der Waals surface area contributed by atoms with Crippen molar-refractivity contribution in [2.24, 2.45) is 0 Å². The number of carbonyl (C=O) groups is 1. The molecule has 0 aliphatic heterocycles. The highest BCUT2D eigenvalue weighted by Crippen LogP contribution is 2.35. The van der Waals surface area contributed by atoms with Gasteiger partial charge in [0.1, 0.15) is 16.9 Å². The Morgan fingerprint density at radius 1 is 1.18 bits per heavy atom. The molecule has 0 amide bonds. The quantitative estimate of drug-likeness (QED) is 0.346. The Bertz CT molecular complexity index is 989. The molecule has 0 fully saturated rings. The van der Waals surface area contributed by atoms with E-state index in [-0.39, 0.29) is 5.82 Å². The normalized spacial score (nSPS) is 10.9. The van der Waals surface area contributed by atoms with Gasteiger partial charge in [0.2, 0.25) is 0 Å². The number of aromatic nitrogens is 1. The van der Waals surface area contributed by atoms with Crippen LogP contribution >= 0.6 is 15.9 Å². The predicted octanol–water partition coefficient (Wildman–Crippen LogP) is 5.69. The monoisotopic (exact) mass is 445 g/mol. The fourth-order valence-corrected chi connectivity index (χ4v) is 3.46. The molecule has 0 N–H and O–H groups in total. The molecule has 28 heavy (non-hydrogen) atoms. The summed E-state index contributed by atoms with van der Waals surface area (Å²) in [5.74, 6) is -0.287. The predicted molar refractivity (Wildman–Crippen MR) is 110 cm³/mol. The van der Waals surface area contributed by atoms with Crippen LogP contribution in [0.15, 0.2) is 47.1 Å². The number of pyridine rings is 1. The van der Waals surface area contributed by atoms with Gasteiger partial charge in [0.25, 0.3) is 0 Å². The molecule has 0 unspecified atom stereocenters. The zero-order valence-corrected chi connectivity index (χ0v) is 17.4. The van der Waals surface area contributed by atoms with Gasteiger partial charge in [0.05, 0.1) is 13.7 Å². The van der Waals surface area contributed by atoms with Crippen LogP contribution in [0.1, 0.15) is 41.3 Å². The Labute approximate surface area is 171 Å². The Kier molecular flexibility index (Phi) is 6.62. The summed E-state index contributed by atoms with van der Waals surface area (Å²) >= 11 is 3.54. The summed E-state index contributed by atoms with van der Waals surface area (Å²) in [6, 6.07) is 10.1. The van der Waals surface area contributed by atoms with E-state index in [4.69, 9.17) is 9.47 Å². The van der Waals surface area contributed by atoms with Crippen molar-refractivity contribution in [1.29, 1.82) is 0 Å². The minimum absolute atomic E-state index is 0.257. The molecule has 0 spiro atoms. The maximum Gasteiger partial charge on any atom is 0.341 e. The summed E-state index contributed by atoms with van der Waals surface area (Å²) < 4.78 is 24.7. The SMILES string of the molecule is CCCCOc1c(C(=O)OC)cc(Br)c2cc(Cc3ccc(F)cc3)cnc12. The zero-order valence-electron chi connectivity index (χ0n) is 15.8. The van der Waals surface area contributed by atoms with Crippen LogP contribution in [0.25, 0.3) is 10.9 Å². The van der Waals surface area contributed by atoms with Crippen molar-refractivity contribution < 1.29 is 18.7 Å². The number of benzene rings is 2. The van der Waals surface area contributed by atoms with Gasteiger partial charge in [-0.25, -0.2) is 9.18 Å². The number of halogens is 2. The lowest BCUT2D eigenvalue weighted by Crippen LogP contribution is -2.08. The second kappa shape index (κ2) is 9.15. The van der Waals surface area contributed by atoms with Crippen LogP contribution in [0.3, 0.4) is 0 Å². The molecule has 0 saturated heterocycles. The molecule has 0 aliphatic rings. The number of ether oxygens (including phenoxy) is 2. The second-order valence-corrected chi connectivity index (χ2v) is 7.33. The lowest BCUT2D eigenvalue weighted by atomic mass is 10.0. The molecular weight excluding hydrogens is 425 g/mol. The van der Waals surface area contributed by atoms with Crippen molar-refractivity contribution in [1.82, 2.24) is 4.98 Å². The Hall–Kier alpha value is -2.47. The van der Waals surface area contributed by atoms with Gasteiger partial charge in [-0.1, -0.05) is 41.4 Å². The summed E-state index contributed by atoms with van der Waals surface area (Å²) in [5, 5.41) is 0.846. The maximum absolute atomic E-state index is 13.1. The largest absolute Gasteiger partial charge is 0.490 e. The number of hydrogen-bond donors (Lipinski definition) is 0. The highest BCUT2D eigenvalue weighted by Gasteiger charge is 2.20. The first-order valence-electron chi connectivity index (χ1n) is 9.10. The maximum atomic E-state index is 13.1. The van der Waals surface area contributed by atoms with E-state index in [0.717, 1.165) is 33.8 Å². The highest BCUT2D eigenvalue weighted by molar-refractivity contribution is 9.10. The van der Waals surface area contributed by atoms with Gasteiger partial charge < -0.3 is 9.47 Å². The molecule has 0 aliphatic carbocycles. The van der Waals surface area contributed by atoms with Crippen molar-refractivity contribution in [2.45, 2.75) is 26.2 Å². The molecule has 0 radical (unpaired) electrons. The first kappa shape index (κ1) is 20.3. The van der Waals surface area contributed by atoms with Crippen LogP contribution in [-0.4, -0.2) is 24.7 Å². The van der Waals surface area contributed by atoms with E-state index in [1.807, 2.05) is 6.07 Å². The fraction of sp³-hybridized carbons (Fsp3) is 0.273. The van der Waals surface area contributed by atoms with Gasteiger partial charge >= 0.3 is 5.97 Å². The van der Waals surface area contributed by atoms with Crippen LogP contribution in [0.4, 0.5) is 4.39 Å². The highest BCUT2D eigenvalue weighted by atomic mass is 79.9. The van der Waals surface area contributed by atoms with Gasteiger partial charge in [-0.3, -0.25) is 4.98 Å². The number of carbonyl (C=O) groups excluding carboxylic acids is 1. The standard InChI is InChI=1S/C22H21BrFNO3/c1-3-4-9-28-21-18(22(26)27-2)12-19(23)17-11-15(13-25-20(17)21)10-14-5-7-16(24)8-6-14/h5-8,11-13H,3-4,9-10H2,1-2H3. The third kappa shape index (κ3) is 4.50. The summed E-state index contributed by atoms with van der Waals surface area (Å²) in [6.45, 7) is 2.57. The van der Waals surface area contributed by atoms with Crippen molar-refractivity contribution in [3.05, 3.63) is 69.6 Å². The van der Waals surface area contributed by atoms with E-state index in [9.17, 15) is 9.18 Å². The molecule has 0 atom stereocenters. The van der Waals surface area contributed by atoms with E-state index >= 15 is 0 Å². The fourth-order valence-electron chi connectivity index (χ4n) is 2.93. The molecule has 0 saturated carbocycles. The second-order valence-electron chi connectivity index (χ2n) is 6.47. The molecular formula is C22H21BrFNO3. The summed E-state index contributed by atoms with van der Waals surface area (Å²) in [7, 11) is 1.34. The van der Waals surface area contributed by atoms with E-state index < -0.39 is 5.97 Å². The van der Waals surface area contributed by atoms with Gasteiger partial charge in [0.15, 0.2) is 5.75 Å². The topological polar surface area (TPSA) is 48.4 Å². The van der Waals surface area contributed by atoms with E-state index in [0.29, 0.717) is 29.9 Å². The van der Waals surface area contributed by atoms with Crippen LogP contribution in [0, 0.1) is 5.82 Å². The Balaban J connectivity index is 2.03. The molecule has 1 heterocycles. The molecule has 3 rings (SSSR count). The average molecular weight is 446 g/mol. The van der Waals surface area contributed by atoms with Crippen molar-refractivity contribution in [3.63, 3.8) is 0 Å². The average Bonchev–Trinajstić information content (AvgIpc) is 2.71. The number of rotatable bonds is 7. The van der Waals surface area contributed by atoms with Gasteiger partial charge in [-0.15, -0.1) is 0 Å². The third-order valence-electron chi connectivity index (χ3n) is 4.40. The van der Waals surface area contributed by atoms with Crippen molar-refractivity contribution in [2.75, 3.05) is 13.7 Å². The number of hydrogen-bond acceptors (Lipinski definition) is 4. The molecule has 146 valence electrons. The Morgan fingerprint density at radius 2 is 1.93 bits per heavy atom. The Morgan fingerprint density at radius 3 is 2.61 bits per heavy atom. The minimum Gasteiger partial charge on any atom is -0.490 e. The van der Waals surface area contributed by atoms with Crippen LogP contribution in [0.5, 0.6) is 5.75 Å². The van der Waals surface area contributed by atoms with Gasteiger partial charge in [0, 0.05) is 16.1 Å². The molecule has 0 bridgehead atoms. The zero-order chi connectivity index (χ0) is 20.1. The lowest BCUT2D eigenvalue weighted by Gasteiger charge is -2.14. The molecule has 6 heteroatoms. The number of nitrogens with zero attached hydrogens (tertiary/aromatic N) is 1. The number of unbranched alkanes of at least 4 members (excludes halogenated alkanes) is 1. The van der Waals surface area contributed by atoms with Gasteiger partial charge in [-0.2, -0.15) is 0 Å². The molecule has 4 nitrogen and oxygen atoms in total. The van der Waals surface area contributed by atoms with Crippen LogP contribution in [0.2, 0.25) is 0 Å². The van der Waals surface area contributed by atoms with E-state index in [2.05, 4.69) is 27.8 Å². The van der Waals surface area contributed by atoms with Crippen molar-refractivity contribution in [3.8, 4) is 5.75 Å². The van der Waals surface area contributed by atoms with E-state index in [1.54, 1.807) is 24.4 Å². The first-order valence-corrected chi connectivity index (χ1v) is 9.89. The smallest absolute Gasteiger partial charge is 0.341 e. The third-order valence-corrected chi connectivity index (χ3v) is 5.06. The molecule has 1 aromatic heterocycles. The minimum atomic E-state index is -0.466. The lowest BCUT2D eigenvalue weighted by molar-refractivity contribution is 0.0596. The number of fused-ring (bicyclic) bond motifs is 1. The van der Waals surface area contributed by atoms with Crippen LogP contribution < -0.4 is 4.74 Å². The number of methoxy groups -OCH3 is 1. The molecule has 3 aromatic rings. The molecule has 2 aromatic carbocycles. The van der Waals surface area contributed by atoms with Gasteiger partial charge in [-0.05, 0) is 48.2 Å². The first-order chi connectivity index (χ1) is 13.5. The van der Waals surface area contributed by atoms with E-state index in [1.165, 1.54) is 19.2 Å².